The maximum absolute atomic E-state index is 5.84. The van der Waals surface area contributed by atoms with Gasteiger partial charge in [0, 0.05) is 30.1 Å². The van der Waals surface area contributed by atoms with E-state index in [1.54, 1.807) is 0 Å². The van der Waals surface area contributed by atoms with E-state index in [1.165, 1.54) is 11.4 Å². The molecule has 0 amide bonds. The first-order valence-corrected chi connectivity index (χ1v) is 6.00. The molecule has 1 aromatic carbocycles. The Balaban J connectivity index is 2.28. The quantitative estimate of drug-likeness (QED) is 0.864. The van der Waals surface area contributed by atoms with E-state index in [2.05, 4.69) is 44.3 Å². The molecule has 1 aliphatic rings. The fraction of sp³-hybridized carbons (Fsp3) is 0.455. The first-order valence-electron chi connectivity index (χ1n) is 5.21. The van der Waals surface area contributed by atoms with Gasteiger partial charge in [-0.1, -0.05) is 15.9 Å². The molecule has 0 radical (unpaired) electrons. The molecule has 1 heterocycles. The maximum atomic E-state index is 5.84. The standard InChI is InChI=1S/C11H16BrN3/c1-8(13)7-15-5-4-14-10-3-2-9(12)6-11(10)15/h2-3,6,8,14H,4-5,7,13H2,1H3. The molecule has 15 heavy (non-hydrogen) atoms. The highest BCUT2D eigenvalue weighted by Gasteiger charge is 2.17. The van der Waals surface area contributed by atoms with Crippen molar-refractivity contribution >= 4 is 27.3 Å². The Labute approximate surface area is 98.8 Å². The van der Waals surface area contributed by atoms with Crippen molar-refractivity contribution < 1.29 is 0 Å². The van der Waals surface area contributed by atoms with E-state index in [4.69, 9.17) is 5.73 Å². The van der Waals surface area contributed by atoms with Gasteiger partial charge in [0.25, 0.3) is 0 Å². The second kappa shape index (κ2) is 4.41. The van der Waals surface area contributed by atoms with Crippen molar-refractivity contribution in [3.05, 3.63) is 22.7 Å². The minimum absolute atomic E-state index is 0.204. The summed E-state index contributed by atoms with van der Waals surface area (Å²) in [6.07, 6.45) is 0. The fourth-order valence-corrected chi connectivity index (χ4v) is 2.25. The molecular weight excluding hydrogens is 254 g/mol. The lowest BCUT2D eigenvalue weighted by Gasteiger charge is -2.33. The number of anilines is 2. The summed E-state index contributed by atoms with van der Waals surface area (Å²) in [7, 11) is 0. The number of nitrogens with one attached hydrogen (secondary N) is 1. The molecule has 1 atom stereocenters. The van der Waals surface area contributed by atoms with Gasteiger partial charge in [0.15, 0.2) is 0 Å². The molecule has 3 N–H and O–H groups in total. The van der Waals surface area contributed by atoms with Crippen molar-refractivity contribution in [3.8, 4) is 0 Å². The van der Waals surface area contributed by atoms with E-state index in [-0.39, 0.29) is 6.04 Å². The third kappa shape index (κ3) is 2.44. The normalized spacial score (nSPS) is 16.9. The number of hydrogen-bond donors (Lipinski definition) is 2. The predicted molar refractivity (Wildman–Crippen MR) is 68.5 cm³/mol. The summed E-state index contributed by atoms with van der Waals surface area (Å²) in [4.78, 5) is 2.33. The molecule has 0 saturated heterocycles. The molecule has 4 heteroatoms. The predicted octanol–water partition coefficient (Wildman–Crippen LogP) is 2.03. The van der Waals surface area contributed by atoms with Gasteiger partial charge in [0.1, 0.15) is 0 Å². The lowest BCUT2D eigenvalue weighted by atomic mass is 10.2. The van der Waals surface area contributed by atoms with Crippen molar-refractivity contribution in [2.45, 2.75) is 13.0 Å². The van der Waals surface area contributed by atoms with Crippen LogP contribution in [0, 0.1) is 0 Å². The number of fused-ring (bicyclic) bond motifs is 1. The van der Waals surface area contributed by atoms with E-state index in [9.17, 15) is 0 Å². The minimum atomic E-state index is 0.204. The third-order valence-corrected chi connectivity index (χ3v) is 3.00. The van der Waals surface area contributed by atoms with Gasteiger partial charge in [0.05, 0.1) is 11.4 Å². The van der Waals surface area contributed by atoms with Gasteiger partial charge in [-0.3, -0.25) is 0 Å². The number of halogens is 1. The third-order valence-electron chi connectivity index (χ3n) is 2.51. The van der Waals surface area contributed by atoms with Crippen LogP contribution in [-0.4, -0.2) is 25.7 Å². The van der Waals surface area contributed by atoms with E-state index in [0.717, 1.165) is 24.1 Å². The van der Waals surface area contributed by atoms with Crippen molar-refractivity contribution in [1.29, 1.82) is 0 Å². The van der Waals surface area contributed by atoms with Crippen molar-refractivity contribution in [2.75, 3.05) is 29.9 Å². The largest absolute Gasteiger partial charge is 0.382 e. The zero-order valence-electron chi connectivity index (χ0n) is 8.83. The first-order chi connectivity index (χ1) is 7.16. The summed E-state index contributed by atoms with van der Waals surface area (Å²) in [5, 5.41) is 3.39. The molecule has 1 aliphatic heterocycles. The fourth-order valence-electron chi connectivity index (χ4n) is 1.90. The van der Waals surface area contributed by atoms with Crippen LogP contribution in [0.4, 0.5) is 11.4 Å². The molecule has 2 rings (SSSR count). The topological polar surface area (TPSA) is 41.3 Å². The minimum Gasteiger partial charge on any atom is -0.382 e. The molecule has 0 aliphatic carbocycles. The van der Waals surface area contributed by atoms with Crippen molar-refractivity contribution in [1.82, 2.24) is 0 Å². The highest BCUT2D eigenvalue weighted by molar-refractivity contribution is 9.10. The van der Waals surface area contributed by atoms with Gasteiger partial charge >= 0.3 is 0 Å². The Morgan fingerprint density at radius 3 is 3.13 bits per heavy atom. The summed E-state index contributed by atoms with van der Waals surface area (Å²) in [6.45, 7) is 4.96. The van der Waals surface area contributed by atoms with E-state index >= 15 is 0 Å². The maximum Gasteiger partial charge on any atom is 0.0614 e. The smallest absolute Gasteiger partial charge is 0.0614 e. The molecule has 0 fully saturated rings. The average Bonchev–Trinajstić information content (AvgIpc) is 2.18. The van der Waals surface area contributed by atoms with Gasteiger partial charge < -0.3 is 16.0 Å². The molecule has 1 aromatic rings. The number of hydrogen-bond acceptors (Lipinski definition) is 3. The summed E-state index contributed by atoms with van der Waals surface area (Å²) < 4.78 is 1.11. The first kappa shape index (κ1) is 10.8. The summed E-state index contributed by atoms with van der Waals surface area (Å²) >= 11 is 3.50. The molecule has 3 nitrogen and oxygen atoms in total. The molecule has 0 aromatic heterocycles. The van der Waals surface area contributed by atoms with Gasteiger partial charge in [-0.15, -0.1) is 0 Å². The molecule has 0 spiro atoms. The van der Waals surface area contributed by atoms with Crippen LogP contribution in [0.15, 0.2) is 22.7 Å². The molecule has 1 unspecified atom stereocenters. The number of nitrogens with zero attached hydrogens (tertiary/aromatic N) is 1. The second-order valence-corrected chi connectivity index (χ2v) is 4.93. The Hall–Kier alpha value is -0.740. The van der Waals surface area contributed by atoms with E-state index in [0.29, 0.717) is 0 Å². The van der Waals surface area contributed by atoms with Crippen LogP contribution in [0.5, 0.6) is 0 Å². The lowest BCUT2D eigenvalue weighted by molar-refractivity contribution is 0.675. The Kier molecular flexibility index (Phi) is 3.17. The van der Waals surface area contributed by atoms with Crippen LogP contribution in [0.2, 0.25) is 0 Å². The van der Waals surface area contributed by atoms with E-state index < -0.39 is 0 Å². The van der Waals surface area contributed by atoms with Crippen LogP contribution in [0.1, 0.15) is 6.92 Å². The Bertz CT molecular complexity index is 352. The summed E-state index contributed by atoms with van der Waals surface area (Å²) in [5.41, 5.74) is 8.29. The summed E-state index contributed by atoms with van der Waals surface area (Å²) in [6, 6.07) is 6.51. The highest BCUT2D eigenvalue weighted by Crippen LogP contribution is 2.31. The van der Waals surface area contributed by atoms with Gasteiger partial charge in [-0.2, -0.15) is 0 Å². The van der Waals surface area contributed by atoms with Crippen LogP contribution in [-0.2, 0) is 0 Å². The van der Waals surface area contributed by atoms with Crippen LogP contribution in [0.3, 0.4) is 0 Å². The number of nitrogens with two attached hydrogens (primary N) is 1. The Morgan fingerprint density at radius 1 is 1.60 bits per heavy atom. The molecule has 0 bridgehead atoms. The zero-order chi connectivity index (χ0) is 10.8. The van der Waals surface area contributed by atoms with E-state index in [1.807, 2.05) is 6.92 Å². The zero-order valence-corrected chi connectivity index (χ0v) is 10.4. The number of benzene rings is 1. The lowest BCUT2D eigenvalue weighted by Crippen LogP contribution is -2.41. The van der Waals surface area contributed by atoms with Gasteiger partial charge in [-0.25, -0.2) is 0 Å². The van der Waals surface area contributed by atoms with Gasteiger partial charge in [0.2, 0.25) is 0 Å². The van der Waals surface area contributed by atoms with Gasteiger partial charge in [-0.05, 0) is 25.1 Å². The van der Waals surface area contributed by atoms with Crippen LogP contribution >= 0.6 is 15.9 Å². The second-order valence-electron chi connectivity index (χ2n) is 4.01. The SMILES string of the molecule is CC(N)CN1CCNc2ccc(Br)cc21. The van der Waals surface area contributed by atoms with Crippen molar-refractivity contribution in [2.24, 2.45) is 5.73 Å². The summed E-state index contributed by atoms with van der Waals surface area (Å²) in [5.74, 6) is 0. The van der Waals surface area contributed by atoms with Crippen LogP contribution in [0.25, 0.3) is 0 Å². The number of rotatable bonds is 2. The van der Waals surface area contributed by atoms with Crippen LogP contribution < -0.4 is 16.0 Å². The monoisotopic (exact) mass is 269 g/mol. The molecule has 82 valence electrons. The highest BCUT2D eigenvalue weighted by atomic mass is 79.9. The Morgan fingerprint density at radius 2 is 2.40 bits per heavy atom. The molecular formula is C11H16BrN3. The molecule has 0 saturated carbocycles. The van der Waals surface area contributed by atoms with Crippen molar-refractivity contribution in [3.63, 3.8) is 0 Å². The average molecular weight is 270 g/mol.